The van der Waals surface area contributed by atoms with Gasteiger partial charge in [-0.2, -0.15) is 0 Å². The number of rotatable bonds is 2. The van der Waals surface area contributed by atoms with Gasteiger partial charge in [-0.15, -0.1) is 0 Å². The molecular weight excluding hydrogens is 178 g/mol. The third-order valence-electron chi connectivity index (χ3n) is 3.05. The molecule has 2 unspecified atom stereocenters. The molecule has 0 saturated carbocycles. The average molecular weight is 199 g/mol. The van der Waals surface area contributed by atoms with Gasteiger partial charge in [-0.1, -0.05) is 0 Å². The molecular formula is C11H21NO2. The van der Waals surface area contributed by atoms with Gasteiger partial charge in [0, 0.05) is 6.54 Å². The second-order valence-electron chi connectivity index (χ2n) is 4.60. The smallest absolute Gasteiger partial charge is 0.0715 e. The van der Waals surface area contributed by atoms with Crippen molar-refractivity contribution in [2.75, 3.05) is 13.1 Å². The fourth-order valence-electron chi connectivity index (χ4n) is 2.47. The van der Waals surface area contributed by atoms with Crippen LogP contribution in [0.2, 0.25) is 0 Å². The summed E-state index contributed by atoms with van der Waals surface area (Å²) in [6.07, 6.45) is 4.86. The Morgan fingerprint density at radius 2 is 1.86 bits per heavy atom. The summed E-state index contributed by atoms with van der Waals surface area (Å²) in [4.78, 5) is 0. The Kier molecular flexibility index (Phi) is 3.42. The highest BCUT2D eigenvalue weighted by Gasteiger charge is 2.28. The van der Waals surface area contributed by atoms with Gasteiger partial charge < -0.3 is 14.8 Å². The summed E-state index contributed by atoms with van der Waals surface area (Å²) in [7, 11) is 0. The van der Waals surface area contributed by atoms with E-state index in [0.29, 0.717) is 24.4 Å². The molecule has 0 aromatic carbocycles. The first kappa shape index (κ1) is 10.4. The van der Waals surface area contributed by atoms with Gasteiger partial charge in [0.05, 0.1) is 24.4 Å². The third-order valence-corrected chi connectivity index (χ3v) is 3.05. The summed E-state index contributed by atoms with van der Waals surface area (Å²) in [6, 6.07) is 0. The van der Waals surface area contributed by atoms with Gasteiger partial charge in [0.15, 0.2) is 0 Å². The van der Waals surface area contributed by atoms with Crippen molar-refractivity contribution in [3.05, 3.63) is 0 Å². The first-order valence-corrected chi connectivity index (χ1v) is 5.75. The zero-order valence-electron chi connectivity index (χ0n) is 9.16. The third kappa shape index (κ3) is 2.69. The second kappa shape index (κ2) is 4.60. The summed E-state index contributed by atoms with van der Waals surface area (Å²) >= 11 is 0. The van der Waals surface area contributed by atoms with E-state index in [2.05, 4.69) is 19.2 Å². The highest BCUT2D eigenvalue weighted by molar-refractivity contribution is 4.78. The first-order valence-electron chi connectivity index (χ1n) is 5.75. The van der Waals surface area contributed by atoms with E-state index in [1.807, 2.05) is 0 Å². The Morgan fingerprint density at radius 1 is 1.14 bits per heavy atom. The summed E-state index contributed by atoms with van der Waals surface area (Å²) in [5, 5.41) is 3.33. The molecule has 2 aliphatic heterocycles. The molecule has 0 aromatic rings. The SMILES string of the molecule is CC1CC(O[C@@H]2CCNC2)CC(C)O1. The Bertz CT molecular complexity index is 170. The maximum absolute atomic E-state index is 6.05. The summed E-state index contributed by atoms with van der Waals surface area (Å²) in [6.45, 7) is 6.41. The van der Waals surface area contributed by atoms with Crippen molar-refractivity contribution in [1.29, 1.82) is 0 Å². The lowest BCUT2D eigenvalue weighted by atomic mass is 10.0. The van der Waals surface area contributed by atoms with E-state index in [-0.39, 0.29) is 0 Å². The van der Waals surface area contributed by atoms with Crippen molar-refractivity contribution < 1.29 is 9.47 Å². The van der Waals surface area contributed by atoms with Crippen LogP contribution in [0.3, 0.4) is 0 Å². The van der Waals surface area contributed by atoms with E-state index in [0.717, 1.165) is 25.9 Å². The molecule has 2 saturated heterocycles. The quantitative estimate of drug-likeness (QED) is 0.727. The van der Waals surface area contributed by atoms with Gasteiger partial charge >= 0.3 is 0 Å². The Morgan fingerprint density at radius 3 is 2.43 bits per heavy atom. The predicted octanol–water partition coefficient (Wildman–Crippen LogP) is 1.32. The molecule has 0 amide bonds. The highest BCUT2D eigenvalue weighted by atomic mass is 16.5. The van der Waals surface area contributed by atoms with Crippen LogP contribution in [-0.4, -0.2) is 37.5 Å². The Labute approximate surface area is 86.2 Å². The molecule has 3 nitrogen and oxygen atoms in total. The van der Waals surface area contributed by atoms with Gasteiger partial charge in [-0.25, -0.2) is 0 Å². The van der Waals surface area contributed by atoms with Crippen molar-refractivity contribution in [3.63, 3.8) is 0 Å². The van der Waals surface area contributed by atoms with Gasteiger partial charge in [-0.3, -0.25) is 0 Å². The minimum Gasteiger partial charge on any atom is -0.375 e. The molecule has 0 bridgehead atoms. The number of hydrogen-bond donors (Lipinski definition) is 1. The molecule has 2 rings (SSSR count). The fourth-order valence-corrected chi connectivity index (χ4v) is 2.47. The zero-order valence-corrected chi connectivity index (χ0v) is 9.16. The minimum atomic E-state index is 0.359. The van der Waals surface area contributed by atoms with Crippen molar-refractivity contribution in [2.45, 2.75) is 57.5 Å². The summed E-state index contributed by atoms with van der Waals surface area (Å²) in [5.41, 5.74) is 0. The lowest BCUT2D eigenvalue weighted by molar-refractivity contribution is -0.117. The lowest BCUT2D eigenvalue weighted by Crippen LogP contribution is -2.36. The van der Waals surface area contributed by atoms with Crippen molar-refractivity contribution in [3.8, 4) is 0 Å². The molecule has 0 aromatic heterocycles. The van der Waals surface area contributed by atoms with E-state index < -0.39 is 0 Å². The standard InChI is InChI=1S/C11H21NO2/c1-8-5-11(6-9(2)13-8)14-10-3-4-12-7-10/h8-12H,3-7H2,1-2H3/t8?,9?,10-,11?/m1/s1. The maximum Gasteiger partial charge on any atom is 0.0715 e. The molecule has 2 fully saturated rings. The van der Waals surface area contributed by atoms with Crippen LogP contribution in [-0.2, 0) is 9.47 Å². The molecule has 0 aliphatic carbocycles. The van der Waals surface area contributed by atoms with E-state index >= 15 is 0 Å². The van der Waals surface area contributed by atoms with Crippen molar-refractivity contribution in [1.82, 2.24) is 5.32 Å². The van der Waals surface area contributed by atoms with Crippen LogP contribution in [0.25, 0.3) is 0 Å². The van der Waals surface area contributed by atoms with Crippen LogP contribution in [0.4, 0.5) is 0 Å². The van der Waals surface area contributed by atoms with Gasteiger partial charge in [0.2, 0.25) is 0 Å². The van der Waals surface area contributed by atoms with Gasteiger partial charge in [-0.05, 0) is 39.7 Å². The van der Waals surface area contributed by atoms with Crippen molar-refractivity contribution >= 4 is 0 Å². The van der Waals surface area contributed by atoms with Crippen LogP contribution >= 0.6 is 0 Å². The summed E-state index contributed by atoms with van der Waals surface area (Å²) < 4.78 is 11.7. The monoisotopic (exact) mass is 199 g/mol. The van der Waals surface area contributed by atoms with Crippen LogP contribution < -0.4 is 5.32 Å². The largest absolute Gasteiger partial charge is 0.375 e. The molecule has 0 radical (unpaired) electrons. The second-order valence-corrected chi connectivity index (χ2v) is 4.60. The zero-order chi connectivity index (χ0) is 9.97. The van der Waals surface area contributed by atoms with E-state index in [4.69, 9.17) is 9.47 Å². The van der Waals surface area contributed by atoms with E-state index in [1.165, 1.54) is 6.42 Å². The highest BCUT2D eigenvalue weighted by Crippen LogP contribution is 2.23. The van der Waals surface area contributed by atoms with Crippen LogP contribution in [0.5, 0.6) is 0 Å². The lowest BCUT2D eigenvalue weighted by Gasteiger charge is -2.33. The van der Waals surface area contributed by atoms with Crippen LogP contribution in [0, 0.1) is 0 Å². The molecule has 3 atom stereocenters. The molecule has 2 aliphatic rings. The van der Waals surface area contributed by atoms with Crippen LogP contribution in [0.15, 0.2) is 0 Å². The molecule has 14 heavy (non-hydrogen) atoms. The number of ether oxygens (including phenoxy) is 2. The predicted molar refractivity (Wildman–Crippen MR) is 55.4 cm³/mol. The fraction of sp³-hybridized carbons (Fsp3) is 1.00. The molecule has 3 heteroatoms. The number of nitrogens with one attached hydrogen (secondary N) is 1. The first-order chi connectivity index (χ1) is 6.74. The van der Waals surface area contributed by atoms with E-state index in [9.17, 15) is 0 Å². The van der Waals surface area contributed by atoms with Crippen LogP contribution in [0.1, 0.15) is 33.1 Å². The van der Waals surface area contributed by atoms with Gasteiger partial charge in [0.25, 0.3) is 0 Å². The maximum atomic E-state index is 6.05. The molecule has 0 spiro atoms. The Hall–Kier alpha value is -0.120. The molecule has 2 heterocycles. The van der Waals surface area contributed by atoms with Crippen molar-refractivity contribution in [2.24, 2.45) is 0 Å². The summed E-state index contributed by atoms with van der Waals surface area (Å²) in [5.74, 6) is 0. The van der Waals surface area contributed by atoms with E-state index in [1.54, 1.807) is 0 Å². The normalized spacial score (nSPS) is 44.1. The average Bonchev–Trinajstić information content (AvgIpc) is 2.54. The minimum absolute atomic E-state index is 0.359. The topological polar surface area (TPSA) is 30.5 Å². The number of hydrogen-bond acceptors (Lipinski definition) is 3. The molecule has 82 valence electrons. The Balaban J connectivity index is 1.78. The molecule has 1 N–H and O–H groups in total. The van der Waals surface area contributed by atoms with Gasteiger partial charge in [0.1, 0.15) is 0 Å².